The molecule has 0 spiro atoms. The van der Waals surface area contributed by atoms with Gasteiger partial charge in [-0.3, -0.25) is 4.99 Å². The molecular weight excluding hydrogens is 813 g/mol. The van der Waals surface area contributed by atoms with Gasteiger partial charge in [0.15, 0.2) is 5.84 Å². The first-order valence-electron chi connectivity index (χ1n) is 23.6. The molecule has 0 radical (unpaired) electrons. The van der Waals surface area contributed by atoms with Crippen LogP contribution in [0.4, 0.5) is 0 Å². The number of allylic oxidation sites excluding steroid dienone is 6. The fourth-order valence-corrected chi connectivity index (χ4v) is 10.1. The molecule has 0 saturated carbocycles. The third-order valence-electron chi connectivity index (χ3n) is 13.5. The first-order valence-corrected chi connectivity index (χ1v) is 23.6. The number of benzene rings is 7. The molecule has 4 heteroatoms. The van der Waals surface area contributed by atoms with Crippen molar-refractivity contribution in [2.45, 2.75) is 38.1 Å². The summed E-state index contributed by atoms with van der Waals surface area (Å²) < 4.78 is 2.23. The highest BCUT2D eigenvalue weighted by atomic mass is 15.2. The van der Waals surface area contributed by atoms with E-state index in [0.717, 1.165) is 105 Å². The number of rotatable bonds is 9. The maximum atomic E-state index is 5.59. The zero-order valence-corrected chi connectivity index (χ0v) is 37.3. The molecule has 12 rings (SSSR count). The van der Waals surface area contributed by atoms with Crippen molar-refractivity contribution in [2.75, 3.05) is 0 Å². The number of hydrogen-bond donors (Lipinski definition) is 0. The Morgan fingerprint density at radius 3 is 1.54 bits per heavy atom. The molecule has 0 fully saturated rings. The van der Waals surface area contributed by atoms with Gasteiger partial charge < -0.3 is 0 Å². The third kappa shape index (κ3) is 7.71. The summed E-state index contributed by atoms with van der Waals surface area (Å²) in [7, 11) is 0. The van der Waals surface area contributed by atoms with Crippen LogP contribution in [0.15, 0.2) is 240 Å². The van der Waals surface area contributed by atoms with E-state index in [2.05, 4.69) is 229 Å². The standard InChI is InChI=1S/C63H48N4/c1-6-18-43(19-7-1)44-30-32-45(33-31-44)46-34-36-48(37-35-46)57-42-56(47-20-8-2-9-21-47)64-63(65-57)53-40-38-50(39-41-53)58-54-28-16-17-29-55(54)62-59(49-22-10-3-11-23-49)60(51-24-12-4-13-25-51)66-67(62)61(58)52-26-14-5-15-27-52/h1,3,5-8,10-12,14-41,56H,2,4,9,13,42H2. The molecule has 9 aromatic rings. The Balaban J connectivity index is 0.962. The first kappa shape index (κ1) is 40.3. The van der Waals surface area contributed by atoms with Crippen molar-refractivity contribution in [3.63, 3.8) is 0 Å². The quantitative estimate of drug-likeness (QED) is 0.143. The van der Waals surface area contributed by atoms with Gasteiger partial charge in [-0.05, 0) is 81.2 Å². The Bertz CT molecular complexity index is 3480. The van der Waals surface area contributed by atoms with Crippen molar-refractivity contribution < 1.29 is 0 Å². The second-order valence-corrected chi connectivity index (χ2v) is 17.6. The van der Waals surface area contributed by atoms with Crippen LogP contribution in [0.1, 0.15) is 48.9 Å². The number of aromatic nitrogens is 2. The van der Waals surface area contributed by atoms with Gasteiger partial charge >= 0.3 is 0 Å². The highest BCUT2D eigenvalue weighted by Crippen LogP contribution is 2.45. The van der Waals surface area contributed by atoms with Crippen LogP contribution in [0, 0.1) is 0 Å². The molecule has 2 aliphatic carbocycles. The van der Waals surface area contributed by atoms with E-state index in [1.165, 1.54) is 38.8 Å². The van der Waals surface area contributed by atoms with Crippen molar-refractivity contribution in [1.29, 1.82) is 0 Å². The Morgan fingerprint density at radius 2 is 0.925 bits per heavy atom. The molecule has 1 aliphatic heterocycles. The molecular formula is C63H48N4. The van der Waals surface area contributed by atoms with Gasteiger partial charge in [0, 0.05) is 34.1 Å². The van der Waals surface area contributed by atoms with Crippen LogP contribution in [0.25, 0.3) is 77.6 Å². The van der Waals surface area contributed by atoms with Crippen LogP contribution >= 0.6 is 0 Å². The summed E-state index contributed by atoms with van der Waals surface area (Å²) in [4.78, 5) is 10.7. The number of aliphatic imine (C=N–C) groups is 2. The number of hydrogen-bond acceptors (Lipinski definition) is 3. The molecule has 320 valence electrons. The monoisotopic (exact) mass is 860 g/mol. The Kier molecular flexibility index (Phi) is 10.6. The molecule has 0 N–H and O–H groups in total. The van der Waals surface area contributed by atoms with E-state index < -0.39 is 0 Å². The van der Waals surface area contributed by atoms with Crippen LogP contribution in [0.2, 0.25) is 0 Å². The minimum Gasteiger partial charge on any atom is -0.258 e. The minimum absolute atomic E-state index is 0.0121. The van der Waals surface area contributed by atoms with Crippen molar-refractivity contribution in [3.05, 3.63) is 247 Å². The van der Waals surface area contributed by atoms with Gasteiger partial charge in [0.2, 0.25) is 0 Å². The second kappa shape index (κ2) is 17.6. The SMILES string of the molecule is C1=CC(c2nn3c(-c4ccccc4)c(-c4ccc(C5=NC(C6=CCCC=C6)CC(c6ccc(-c7ccc(-c8ccccc8)cc7)cc6)=N5)cc4)c4ccccc4c3c2-c2ccccc2)=CCC1. The van der Waals surface area contributed by atoms with E-state index in [9.17, 15) is 0 Å². The smallest absolute Gasteiger partial charge is 0.155 e. The Hall–Kier alpha value is -8.21. The van der Waals surface area contributed by atoms with E-state index in [1.54, 1.807) is 0 Å². The highest BCUT2D eigenvalue weighted by molar-refractivity contribution is 6.16. The molecule has 0 saturated heterocycles. The topological polar surface area (TPSA) is 42.0 Å². The van der Waals surface area contributed by atoms with Crippen LogP contribution in [-0.4, -0.2) is 27.2 Å². The van der Waals surface area contributed by atoms with Crippen LogP contribution < -0.4 is 0 Å². The fourth-order valence-electron chi connectivity index (χ4n) is 10.1. The van der Waals surface area contributed by atoms with E-state index in [4.69, 9.17) is 15.1 Å². The van der Waals surface area contributed by atoms with Gasteiger partial charge in [-0.25, -0.2) is 9.51 Å². The number of fused-ring (bicyclic) bond motifs is 3. The summed E-state index contributed by atoms with van der Waals surface area (Å²) in [5, 5.41) is 7.94. The number of pyridine rings is 1. The maximum Gasteiger partial charge on any atom is 0.155 e. The second-order valence-electron chi connectivity index (χ2n) is 17.6. The molecule has 1 unspecified atom stereocenters. The van der Waals surface area contributed by atoms with Crippen molar-refractivity contribution in [1.82, 2.24) is 9.61 Å². The summed E-state index contributed by atoms with van der Waals surface area (Å²) in [5.41, 5.74) is 19.3. The lowest BCUT2D eigenvalue weighted by Gasteiger charge is -2.23. The molecule has 3 aliphatic rings. The number of nitrogens with zero attached hydrogens (tertiary/aromatic N) is 4. The van der Waals surface area contributed by atoms with Gasteiger partial charge in [-0.1, -0.05) is 225 Å². The lowest BCUT2D eigenvalue weighted by atomic mass is 9.90. The summed E-state index contributed by atoms with van der Waals surface area (Å²) >= 11 is 0. The van der Waals surface area contributed by atoms with Gasteiger partial charge in [-0.15, -0.1) is 0 Å². The lowest BCUT2D eigenvalue weighted by Crippen LogP contribution is -2.23. The third-order valence-corrected chi connectivity index (χ3v) is 13.5. The van der Waals surface area contributed by atoms with Crippen molar-refractivity contribution in [3.8, 4) is 55.8 Å². The molecule has 7 aromatic carbocycles. The normalized spacial score (nSPS) is 15.9. The van der Waals surface area contributed by atoms with Crippen molar-refractivity contribution in [2.24, 2.45) is 9.98 Å². The molecule has 3 heterocycles. The van der Waals surface area contributed by atoms with Crippen LogP contribution in [-0.2, 0) is 0 Å². The van der Waals surface area contributed by atoms with E-state index in [0.29, 0.717) is 0 Å². The van der Waals surface area contributed by atoms with Gasteiger partial charge in [0.25, 0.3) is 0 Å². The van der Waals surface area contributed by atoms with E-state index >= 15 is 0 Å². The van der Waals surface area contributed by atoms with E-state index in [-0.39, 0.29) is 6.04 Å². The average molecular weight is 861 g/mol. The molecule has 0 bridgehead atoms. The summed E-state index contributed by atoms with van der Waals surface area (Å²) in [6, 6.07) is 67.6. The minimum atomic E-state index is -0.0121. The van der Waals surface area contributed by atoms with E-state index in [1.807, 2.05) is 0 Å². The molecule has 67 heavy (non-hydrogen) atoms. The zero-order chi connectivity index (χ0) is 44.5. The summed E-state index contributed by atoms with van der Waals surface area (Å²) in [6.45, 7) is 0. The molecule has 2 aromatic heterocycles. The lowest BCUT2D eigenvalue weighted by molar-refractivity contribution is 0.797. The average Bonchev–Trinajstić information content (AvgIpc) is 3.83. The van der Waals surface area contributed by atoms with Crippen molar-refractivity contribution >= 4 is 33.4 Å². The predicted molar refractivity (Wildman–Crippen MR) is 281 cm³/mol. The summed E-state index contributed by atoms with van der Waals surface area (Å²) in [6.07, 6.45) is 18.7. The van der Waals surface area contributed by atoms with Gasteiger partial charge in [0.05, 0.1) is 23.0 Å². The Morgan fingerprint density at radius 1 is 0.418 bits per heavy atom. The zero-order valence-electron chi connectivity index (χ0n) is 37.3. The molecule has 0 amide bonds. The van der Waals surface area contributed by atoms with Gasteiger partial charge in [0.1, 0.15) is 5.69 Å². The highest BCUT2D eigenvalue weighted by Gasteiger charge is 2.27. The largest absolute Gasteiger partial charge is 0.258 e. The molecule has 4 nitrogen and oxygen atoms in total. The predicted octanol–water partition coefficient (Wildman–Crippen LogP) is 15.8. The molecule has 1 atom stereocenters. The first-order chi connectivity index (χ1) is 33.2. The fraction of sp³-hybridized carbons (Fsp3) is 0.0952. The van der Waals surface area contributed by atoms with Gasteiger partial charge in [-0.2, -0.15) is 5.10 Å². The van der Waals surface area contributed by atoms with Crippen LogP contribution in [0.5, 0.6) is 0 Å². The maximum absolute atomic E-state index is 5.59. The summed E-state index contributed by atoms with van der Waals surface area (Å²) in [5.74, 6) is 0.764. The Labute approximate surface area is 392 Å². The van der Waals surface area contributed by atoms with Crippen LogP contribution in [0.3, 0.4) is 0 Å². The number of amidine groups is 1.